The molecule has 0 unspecified atom stereocenters. The second-order valence-electron chi connectivity index (χ2n) is 6.01. The number of piperidine rings is 1. The third-order valence-electron chi connectivity index (χ3n) is 3.22. The molecule has 1 amide bonds. The summed E-state index contributed by atoms with van der Waals surface area (Å²) in [4.78, 5) is 22.1. The molecule has 0 N–H and O–H groups in total. The van der Waals surface area contributed by atoms with Crippen LogP contribution in [-0.4, -0.2) is 39.7 Å². The van der Waals surface area contributed by atoms with E-state index in [4.69, 9.17) is 4.74 Å². The van der Waals surface area contributed by atoms with Gasteiger partial charge in [0, 0.05) is 24.7 Å². The van der Waals surface area contributed by atoms with E-state index in [2.05, 4.69) is 25.9 Å². The molecular formula is C14H20BrN3O2. The van der Waals surface area contributed by atoms with Gasteiger partial charge in [0.1, 0.15) is 16.5 Å². The Labute approximate surface area is 127 Å². The van der Waals surface area contributed by atoms with Crippen LogP contribution in [0.15, 0.2) is 17.0 Å². The Balaban J connectivity index is 1.91. The summed E-state index contributed by atoms with van der Waals surface area (Å²) in [5.74, 6) is 0.382. The predicted molar refractivity (Wildman–Crippen MR) is 79.5 cm³/mol. The van der Waals surface area contributed by atoms with Crippen LogP contribution in [-0.2, 0) is 4.74 Å². The Kier molecular flexibility index (Phi) is 4.62. The minimum Gasteiger partial charge on any atom is -0.444 e. The predicted octanol–water partition coefficient (Wildman–Crippen LogP) is 3.35. The molecule has 1 aliphatic rings. The molecule has 0 radical (unpaired) electrons. The van der Waals surface area contributed by atoms with Crippen LogP contribution in [0.5, 0.6) is 0 Å². The fourth-order valence-corrected chi connectivity index (χ4v) is 2.58. The number of ether oxygens (including phenoxy) is 1. The SMILES string of the molecule is CC(C)(C)OC(=O)N1CCC(c2cc(Br)ncn2)CC1. The molecular weight excluding hydrogens is 322 g/mol. The number of halogens is 1. The Morgan fingerprint density at radius 3 is 2.55 bits per heavy atom. The zero-order valence-electron chi connectivity index (χ0n) is 12.1. The monoisotopic (exact) mass is 341 g/mol. The van der Waals surface area contributed by atoms with Crippen molar-refractivity contribution in [3.05, 3.63) is 22.7 Å². The third kappa shape index (κ3) is 4.16. The van der Waals surface area contributed by atoms with Crippen molar-refractivity contribution in [2.24, 2.45) is 0 Å². The number of hydrogen-bond acceptors (Lipinski definition) is 4. The summed E-state index contributed by atoms with van der Waals surface area (Å²) in [5, 5.41) is 0. The topological polar surface area (TPSA) is 55.3 Å². The van der Waals surface area contributed by atoms with Crippen molar-refractivity contribution in [1.29, 1.82) is 0 Å². The summed E-state index contributed by atoms with van der Waals surface area (Å²) in [7, 11) is 0. The van der Waals surface area contributed by atoms with Gasteiger partial charge in [-0.25, -0.2) is 14.8 Å². The first-order valence-corrected chi connectivity index (χ1v) is 7.60. The van der Waals surface area contributed by atoms with Crippen LogP contribution in [0.4, 0.5) is 4.79 Å². The van der Waals surface area contributed by atoms with E-state index in [1.807, 2.05) is 26.8 Å². The highest BCUT2D eigenvalue weighted by Crippen LogP contribution is 2.28. The lowest BCUT2D eigenvalue weighted by molar-refractivity contribution is 0.0204. The number of rotatable bonds is 1. The molecule has 1 saturated heterocycles. The Hall–Kier alpha value is -1.17. The number of nitrogens with zero attached hydrogens (tertiary/aromatic N) is 3. The van der Waals surface area contributed by atoms with Crippen LogP contribution in [0, 0.1) is 0 Å². The summed E-state index contributed by atoms with van der Waals surface area (Å²) >= 11 is 3.36. The van der Waals surface area contributed by atoms with Gasteiger partial charge in [-0.3, -0.25) is 0 Å². The summed E-state index contributed by atoms with van der Waals surface area (Å²) in [6.45, 7) is 7.07. The lowest BCUT2D eigenvalue weighted by atomic mass is 9.93. The van der Waals surface area contributed by atoms with E-state index < -0.39 is 5.60 Å². The van der Waals surface area contributed by atoms with Crippen LogP contribution >= 0.6 is 15.9 Å². The van der Waals surface area contributed by atoms with Crippen molar-refractivity contribution in [3.63, 3.8) is 0 Å². The fourth-order valence-electron chi connectivity index (χ4n) is 2.25. The van der Waals surface area contributed by atoms with Gasteiger partial charge in [0.25, 0.3) is 0 Å². The quantitative estimate of drug-likeness (QED) is 0.735. The van der Waals surface area contributed by atoms with Crippen molar-refractivity contribution in [2.45, 2.75) is 45.1 Å². The standard InChI is InChI=1S/C14H20BrN3O2/c1-14(2,3)20-13(19)18-6-4-10(5-7-18)11-8-12(15)17-9-16-11/h8-10H,4-7H2,1-3H3. The van der Waals surface area contributed by atoms with Crippen molar-refractivity contribution >= 4 is 22.0 Å². The summed E-state index contributed by atoms with van der Waals surface area (Å²) in [5.41, 5.74) is 0.599. The van der Waals surface area contributed by atoms with Gasteiger partial charge < -0.3 is 9.64 Å². The average Bonchev–Trinajstić information content (AvgIpc) is 2.37. The molecule has 0 aliphatic carbocycles. The molecule has 110 valence electrons. The second-order valence-corrected chi connectivity index (χ2v) is 6.82. The molecule has 0 bridgehead atoms. The first-order chi connectivity index (χ1) is 9.35. The van der Waals surface area contributed by atoms with Crippen molar-refractivity contribution in [3.8, 4) is 0 Å². The van der Waals surface area contributed by atoms with Crippen molar-refractivity contribution in [2.75, 3.05) is 13.1 Å². The molecule has 0 atom stereocenters. The molecule has 2 rings (SSSR count). The van der Waals surface area contributed by atoms with Gasteiger partial charge in [0.2, 0.25) is 0 Å². The highest BCUT2D eigenvalue weighted by Gasteiger charge is 2.28. The van der Waals surface area contributed by atoms with Gasteiger partial charge in [-0.2, -0.15) is 0 Å². The van der Waals surface area contributed by atoms with Gasteiger partial charge in [0.15, 0.2) is 0 Å². The molecule has 0 saturated carbocycles. The van der Waals surface area contributed by atoms with Crippen LogP contribution in [0.25, 0.3) is 0 Å². The highest BCUT2D eigenvalue weighted by atomic mass is 79.9. The van der Waals surface area contributed by atoms with E-state index in [0.717, 1.165) is 23.1 Å². The van der Waals surface area contributed by atoms with Crippen LogP contribution in [0.2, 0.25) is 0 Å². The average molecular weight is 342 g/mol. The highest BCUT2D eigenvalue weighted by molar-refractivity contribution is 9.10. The zero-order chi connectivity index (χ0) is 14.8. The number of amides is 1. The normalized spacial score (nSPS) is 17.1. The van der Waals surface area contributed by atoms with Crippen LogP contribution in [0.1, 0.15) is 45.2 Å². The molecule has 1 aliphatic heterocycles. The van der Waals surface area contributed by atoms with Gasteiger partial charge >= 0.3 is 6.09 Å². The van der Waals surface area contributed by atoms with E-state index in [1.54, 1.807) is 11.2 Å². The maximum absolute atomic E-state index is 12.0. The second kappa shape index (κ2) is 6.08. The molecule has 5 nitrogen and oxygen atoms in total. The number of carbonyl (C=O) groups excluding carboxylic acids is 1. The molecule has 0 aromatic carbocycles. The van der Waals surface area contributed by atoms with E-state index in [9.17, 15) is 4.79 Å². The first kappa shape index (κ1) is 15.2. The van der Waals surface area contributed by atoms with Crippen LogP contribution < -0.4 is 0 Å². The number of aromatic nitrogens is 2. The zero-order valence-corrected chi connectivity index (χ0v) is 13.7. The van der Waals surface area contributed by atoms with Gasteiger partial charge in [0.05, 0.1) is 0 Å². The molecule has 6 heteroatoms. The third-order valence-corrected chi connectivity index (χ3v) is 3.65. The maximum Gasteiger partial charge on any atom is 0.410 e. The largest absolute Gasteiger partial charge is 0.444 e. The fraction of sp³-hybridized carbons (Fsp3) is 0.643. The number of hydrogen-bond donors (Lipinski definition) is 0. The molecule has 1 aromatic heterocycles. The Morgan fingerprint density at radius 2 is 2.00 bits per heavy atom. The number of likely N-dealkylation sites (tertiary alicyclic amines) is 1. The van der Waals surface area contributed by atoms with Crippen molar-refractivity contribution in [1.82, 2.24) is 14.9 Å². The van der Waals surface area contributed by atoms with Crippen LogP contribution in [0.3, 0.4) is 0 Å². The molecule has 20 heavy (non-hydrogen) atoms. The van der Waals surface area contributed by atoms with Crippen molar-refractivity contribution < 1.29 is 9.53 Å². The lowest BCUT2D eigenvalue weighted by Gasteiger charge is -2.33. The summed E-state index contributed by atoms with van der Waals surface area (Å²) in [6, 6.07) is 1.95. The smallest absolute Gasteiger partial charge is 0.410 e. The lowest BCUT2D eigenvalue weighted by Crippen LogP contribution is -2.41. The maximum atomic E-state index is 12.0. The van der Waals surface area contributed by atoms with E-state index >= 15 is 0 Å². The first-order valence-electron chi connectivity index (χ1n) is 6.80. The molecule has 1 fully saturated rings. The Morgan fingerprint density at radius 1 is 1.35 bits per heavy atom. The van der Waals surface area contributed by atoms with E-state index in [-0.39, 0.29) is 6.09 Å². The summed E-state index contributed by atoms with van der Waals surface area (Å²) in [6.07, 6.45) is 3.16. The molecule has 0 spiro atoms. The van der Waals surface area contributed by atoms with Gasteiger partial charge in [-0.05, 0) is 55.6 Å². The van der Waals surface area contributed by atoms with E-state index in [0.29, 0.717) is 19.0 Å². The minimum absolute atomic E-state index is 0.222. The molecule has 2 heterocycles. The van der Waals surface area contributed by atoms with Gasteiger partial charge in [-0.15, -0.1) is 0 Å². The van der Waals surface area contributed by atoms with Gasteiger partial charge in [-0.1, -0.05) is 0 Å². The number of carbonyl (C=O) groups is 1. The Bertz CT molecular complexity index is 480. The minimum atomic E-state index is -0.439. The molecule has 1 aromatic rings. The summed E-state index contributed by atoms with van der Waals surface area (Å²) < 4.78 is 6.19. The van der Waals surface area contributed by atoms with E-state index in [1.165, 1.54) is 0 Å².